The molecule has 0 aliphatic carbocycles. The molecule has 0 aliphatic rings. The topological polar surface area (TPSA) is 90.7 Å². The molecule has 8 heteroatoms. The van der Waals surface area contributed by atoms with E-state index in [-0.39, 0.29) is 22.3 Å². The van der Waals surface area contributed by atoms with Gasteiger partial charge in [-0.3, -0.25) is 14.9 Å². The number of non-ortho nitro benzene ring substituents is 1. The number of ether oxygens (including phenoxy) is 2. The van der Waals surface area contributed by atoms with Gasteiger partial charge in [-0.25, -0.2) is 0 Å². The van der Waals surface area contributed by atoms with E-state index in [0.29, 0.717) is 11.5 Å². The summed E-state index contributed by atoms with van der Waals surface area (Å²) in [5, 5.41) is 13.6. The van der Waals surface area contributed by atoms with Crippen molar-refractivity contribution in [2.45, 2.75) is 13.0 Å². The number of benzene rings is 2. The number of nitrogens with one attached hydrogen (secondary N) is 1. The molecule has 2 aromatic carbocycles. The third kappa shape index (κ3) is 4.19. The number of carbonyl (C=O) groups excluding carboxylic acids is 1. The third-order valence-corrected chi connectivity index (χ3v) is 3.98. The second-order valence-corrected chi connectivity index (χ2v) is 5.64. The van der Waals surface area contributed by atoms with Crippen LogP contribution in [0.4, 0.5) is 5.69 Å². The lowest BCUT2D eigenvalue weighted by Crippen LogP contribution is -2.27. The predicted molar refractivity (Wildman–Crippen MR) is 93.5 cm³/mol. The van der Waals surface area contributed by atoms with Gasteiger partial charge in [0.1, 0.15) is 0 Å². The van der Waals surface area contributed by atoms with Gasteiger partial charge >= 0.3 is 0 Å². The first-order valence-corrected chi connectivity index (χ1v) is 7.72. The molecule has 25 heavy (non-hydrogen) atoms. The summed E-state index contributed by atoms with van der Waals surface area (Å²) < 4.78 is 10.4. The Balaban J connectivity index is 2.19. The zero-order chi connectivity index (χ0) is 18.6. The molecule has 0 saturated carbocycles. The highest BCUT2D eigenvalue weighted by Crippen LogP contribution is 2.30. The van der Waals surface area contributed by atoms with Crippen molar-refractivity contribution < 1.29 is 19.2 Å². The lowest BCUT2D eigenvalue weighted by atomic mass is 10.1. The normalized spacial score (nSPS) is 11.5. The van der Waals surface area contributed by atoms with Crippen molar-refractivity contribution in [3.05, 3.63) is 62.7 Å². The Hall–Kier alpha value is -2.80. The second-order valence-electron chi connectivity index (χ2n) is 5.23. The van der Waals surface area contributed by atoms with Crippen LogP contribution in [0.3, 0.4) is 0 Å². The lowest BCUT2D eigenvalue weighted by molar-refractivity contribution is -0.384. The van der Waals surface area contributed by atoms with Gasteiger partial charge in [0.25, 0.3) is 11.6 Å². The minimum absolute atomic E-state index is 0.0196. The van der Waals surface area contributed by atoms with Gasteiger partial charge in [0, 0.05) is 12.1 Å². The molecule has 0 aromatic heterocycles. The average molecular weight is 365 g/mol. The zero-order valence-electron chi connectivity index (χ0n) is 13.9. The molecule has 2 aromatic rings. The van der Waals surface area contributed by atoms with Crippen molar-refractivity contribution in [1.29, 1.82) is 0 Å². The van der Waals surface area contributed by atoms with E-state index < -0.39 is 10.8 Å². The number of hydrogen-bond acceptors (Lipinski definition) is 5. The lowest BCUT2D eigenvalue weighted by Gasteiger charge is -2.17. The van der Waals surface area contributed by atoms with Crippen molar-refractivity contribution in [3.8, 4) is 11.5 Å². The highest BCUT2D eigenvalue weighted by molar-refractivity contribution is 6.34. The van der Waals surface area contributed by atoms with Crippen molar-refractivity contribution >= 4 is 23.2 Å². The van der Waals surface area contributed by atoms with Crippen molar-refractivity contribution in [3.63, 3.8) is 0 Å². The quantitative estimate of drug-likeness (QED) is 0.622. The maximum absolute atomic E-state index is 12.4. The number of halogens is 1. The molecule has 0 radical (unpaired) electrons. The van der Waals surface area contributed by atoms with Gasteiger partial charge in [0.05, 0.1) is 35.8 Å². The fraction of sp³-hybridized carbons (Fsp3) is 0.235. The van der Waals surface area contributed by atoms with Crippen LogP contribution in [-0.2, 0) is 0 Å². The number of nitrogens with zero attached hydrogens (tertiary/aromatic N) is 1. The van der Waals surface area contributed by atoms with Crippen LogP contribution in [0.15, 0.2) is 36.4 Å². The first-order chi connectivity index (χ1) is 11.9. The molecular formula is C17H17ClN2O5. The predicted octanol–water partition coefficient (Wildman–Crippen LogP) is 3.76. The zero-order valence-corrected chi connectivity index (χ0v) is 14.7. The molecule has 7 nitrogen and oxygen atoms in total. The number of amides is 1. The molecule has 0 bridgehead atoms. The van der Waals surface area contributed by atoms with Crippen molar-refractivity contribution in [1.82, 2.24) is 5.32 Å². The van der Waals surface area contributed by atoms with Crippen LogP contribution < -0.4 is 14.8 Å². The smallest absolute Gasteiger partial charge is 0.270 e. The van der Waals surface area contributed by atoms with Gasteiger partial charge in [-0.05, 0) is 30.7 Å². The Bertz CT molecular complexity index is 810. The summed E-state index contributed by atoms with van der Waals surface area (Å²) in [5.41, 5.74) is 0.804. The van der Waals surface area contributed by atoms with E-state index in [1.807, 2.05) is 6.07 Å². The maximum Gasteiger partial charge on any atom is 0.270 e. The first-order valence-electron chi connectivity index (χ1n) is 7.34. The molecule has 0 spiro atoms. The number of nitro benzene ring substituents is 1. The van der Waals surface area contributed by atoms with Crippen LogP contribution in [0, 0.1) is 10.1 Å². The molecule has 0 saturated heterocycles. The van der Waals surface area contributed by atoms with E-state index >= 15 is 0 Å². The van der Waals surface area contributed by atoms with E-state index in [1.54, 1.807) is 26.2 Å². The highest BCUT2D eigenvalue weighted by Gasteiger charge is 2.18. The van der Waals surface area contributed by atoms with Gasteiger partial charge in [0.2, 0.25) is 0 Å². The van der Waals surface area contributed by atoms with E-state index in [1.165, 1.54) is 19.2 Å². The van der Waals surface area contributed by atoms with E-state index in [9.17, 15) is 14.9 Å². The van der Waals surface area contributed by atoms with E-state index in [4.69, 9.17) is 21.1 Å². The molecule has 1 amide bonds. The highest BCUT2D eigenvalue weighted by atomic mass is 35.5. The van der Waals surface area contributed by atoms with Crippen molar-refractivity contribution in [2.75, 3.05) is 14.2 Å². The SMILES string of the molecule is COc1ccc([C@@H](C)NC(=O)c2ccc([N+](=O)[O-])cc2Cl)cc1OC. The monoisotopic (exact) mass is 364 g/mol. The summed E-state index contributed by atoms with van der Waals surface area (Å²) in [6.45, 7) is 1.80. The van der Waals surface area contributed by atoms with Gasteiger partial charge in [-0.1, -0.05) is 17.7 Å². The van der Waals surface area contributed by atoms with Gasteiger partial charge in [0.15, 0.2) is 11.5 Å². The van der Waals surface area contributed by atoms with Crippen LogP contribution in [0.1, 0.15) is 28.9 Å². The number of rotatable bonds is 6. The van der Waals surface area contributed by atoms with Gasteiger partial charge in [-0.15, -0.1) is 0 Å². The molecule has 0 unspecified atom stereocenters. The first kappa shape index (κ1) is 18.5. The minimum atomic E-state index is -0.570. The summed E-state index contributed by atoms with van der Waals surface area (Å²) in [6, 6.07) is 8.70. The Morgan fingerprint density at radius 1 is 1.16 bits per heavy atom. The minimum Gasteiger partial charge on any atom is -0.493 e. The fourth-order valence-corrected chi connectivity index (χ4v) is 2.54. The molecule has 1 atom stereocenters. The third-order valence-electron chi connectivity index (χ3n) is 3.66. The number of carbonyl (C=O) groups is 1. The standard InChI is InChI=1S/C17H17ClN2O5/c1-10(11-4-7-15(24-2)16(8-11)25-3)19-17(21)13-6-5-12(20(22)23)9-14(13)18/h4-10H,1-3H3,(H,19,21)/t10-/m1/s1. The molecular weight excluding hydrogens is 348 g/mol. The largest absolute Gasteiger partial charge is 0.493 e. The van der Waals surface area contributed by atoms with Crippen LogP contribution in [0.2, 0.25) is 5.02 Å². The Morgan fingerprint density at radius 2 is 1.84 bits per heavy atom. The van der Waals surface area contributed by atoms with Crippen LogP contribution in [-0.4, -0.2) is 25.1 Å². The number of hydrogen-bond donors (Lipinski definition) is 1. The Morgan fingerprint density at radius 3 is 2.40 bits per heavy atom. The molecule has 2 rings (SSSR count). The molecule has 1 N–H and O–H groups in total. The summed E-state index contributed by atoms with van der Waals surface area (Å²) in [7, 11) is 3.07. The fourth-order valence-electron chi connectivity index (χ4n) is 2.28. The van der Waals surface area contributed by atoms with E-state index in [0.717, 1.165) is 11.6 Å². The van der Waals surface area contributed by atoms with Gasteiger partial charge in [-0.2, -0.15) is 0 Å². The second kappa shape index (κ2) is 7.85. The summed E-state index contributed by atoms with van der Waals surface area (Å²) in [6.07, 6.45) is 0. The maximum atomic E-state index is 12.4. The average Bonchev–Trinajstić information content (AvgIpc) is 2.60. The summed E-state index contributed by atoms with van der Waals surface area (Å²) in [5.74, 6) is 0.708. The summed E-state index contributed by atoms with van der Waals surface area (Å²) in [4.78, 5) is 22.6. The number of nitro groups is 1. The van der Waals surface area contributed by atoms with Crippen molar-refractivity contribution in [2.24, 2.45) is 0 Å². The van der Waals surface area contributed by atoms with Crippen LogP contribution in [0.25, 0.3) is 0 Å². The van der Waals surface area contributed by atoms with Crippen LogP contribution in [0.5, 0.6) is 11.5 Å². The van der Waals surface area contributed by atoms with Gasteiger partial charge < -0.3 is 14.8 Å². The van der Waals surface area contributed by atoms with Crippen LogP contribution >= 0.6 is 11.6 Å². The molecule has 132 valence electrons. The Kier molecular flexibility index (Phi) is 5.82. The molecule has 0 heterocycles. The van der Waals surface area contributed by atoms with E-state index in [2.05, 4.69) is 5.32 Å². The molecule has 0 fully saturated rings. The summed E-state index contributed by atoms with van der Waals surface area (Å²) >= 11 is 5.98. The number of methoxy groups -OCH3 is 2. The molecule has 0 aliphatic heterocycles. The Labute approximate surface area is 149 Å².